The Bertz CT molecular complexity index is 857. The summed E-state index contributed by atoms with van der Waals surface area (Å²) in [6, 6.07) is 14.9. The Kier molecular flexibility index (Phi) is 6.84. The molecular weight excluding hydrogens is 368 g/mol. The standard InChI is InChI=1S/C22H26N4O3/c1-16(27)24-18-6-8-19(9-7-18)25-22(29)21(28)23-13-12-17-4-10-20(11-5-17)26-14-2-3-15-26/h4-11H,2-3,12-15H2,1H3,(H,23,28)(H,24,27)(H,25,29). The van der Waals surface area contributed by atoms with E-state index in [1.54, 1.807) is 24.3 Å². The Morgan fingerprint density at radius 3 is 2.00 bits per heavy atom. The number of carbonyl (C=O) groups is 3. The van der Waals surface area contributed by atoms with Crippen molar-refractivity contribution in [2.45, 2.75) is 26.2 Å². The van der Waals surface area contributed by atoms with E-state index in [0.717, 1.165) is 18.7 Å². The van der Waals surface area contributed by atoms with Crippen LogP contribution in [0.3, 0.4) is 0 Å². The van der Waals surface area contributed by atoms with Gasteiger partial charge in [0.25, 0.3) is 0 Å². The molecule has 1 aliphatic heterocycles. The van der Waals surface area contributed by atoms with Crippen molar-refractivity contribution in [2.24, 2.45) is 0 Å². The first-order chi connectivity index (χ1) is 14.0. The highest BCUT2D eigenvalue weighted by molar-refractivity contribution is 6.39. The van der Waals surface area contributed by atoms with Crippen LogP contribution in [0.5, 0.6) is 0 Å². The van der Waals surface area contributed by atoms with E-state index in [4.69, 9.17) is 0 Å². The van der Waals surface area contributed by atoms with Crippen molar-refractivity contribution in [3.63, 3.8) is 0 Å². The maximum atomic E-state index is 12.0. The van der Waals surface area contributed by atoms with Crippen molar-refractivity contribution in [3.8, 4) is 0 Å². The van der Waals surface area contributed by atoms with Crippen LogP contribution in [0.15, 0.2) is 48.5 Å². The highest BCUT2D eigenvalue weighted by Crippen LogP contribution is 2.20. The fraction of sp³-hybridized carbons (Fsp3) is 0.318. The van der Waals surface area contributed by atoms with E-state index < -0.39 is 11.8 Å². The molecular formula is C22H26N4O3. The van der Waals surface area contributed by atoms with Crippen LogP contribution in [0.1, 0.15) is 25.3 Å². The molecule has 1 heterocycles. The van der Waals surface area contributed by atoms with Gasteiger partial charge in [-0.15, -0.1) is 0 Å². The lowest BCUT2D eigenvalue weighted by molar-refractivity contribution is -0.136. The number of anilines is 3. The van der Waals surface area contributed by atoms with E-state index in [2.05, 4.69) is 45.1 Å². The van der Waals surface area contributed by atoms with Gasteiger partial charge in [0.15, 0.2) is 0 Å². The van der Waals surface area contributed by atoms with Gasteiger partial charge in [-0.2, -0.15) is 0 Å². The summed E-state index contributed by atoms with van der Waals surface area (Å²) in [6.45, 7) is 4.03. The zero-order valence-electron chi connectivity index (χ0n) is 16.5. The molecule has 3 rings (SSSR count). The monoisotopic (exact) mass is 394 g/mol. The summed E-state index contributed by atoms with van der Waals surface area (Å²) in [6.07, 6.45) is 3.15. The number of carbonyl (C=O) groups excluding carboxylic acids is 3. The number of benzene rings is 2. The summed E-state index contributed by atoms with van der Waals surface area (Å²) in [5.41, 5.74) is 3.45. The van der Waals surface area contributed by atoms with E-state index in [1.807, 2.05) is 0 Å². The van der Waals surface area contributed by atoms with Gasteiger partial charge in [-0.25, -0.2) is 0 Å². The summed E-state index contributed by atoms with van der Waals surface area (Å²) >= 11 is 0. The van der Waals surface area contributed by atoms with Crippen LogP contribution >= 0.6 is 0 Å². The number of nitrogens with one attached hydrogen (secondary N) is 3. The highest BCUT2D eigenvalue weighted by Gasteiger charge is 2.14. The van der Waals surface area contributed by atoms with E-state index in [9.17, 15) is 14.4 Å². The smallest absolute Gasteiger partial charge is 0.313 e. The quantitative estimate of drug-likeness (QED) is 0.657. The summed E-state index contributed by atoms with van der Waals surface area (Å²) in [5, 5.41) is 7.82. The molecule has 0 atom stereocenters. The third-order valence-electron chi connectivity index (χ3n) is 4.78. The van der Waals surface area contributed by atoms with Gasteiger partial charge in [0, 0.05) is 43.6 Å². The topological polar surface area (TPSA) is 90.5 Å². The van der Waals surface area contributed by atoms with Crippen LogP contribution in [0.25, 0.3) is 0 Å². The van der Waals surface area contributed by atoms with Crippen molar-refractivity contribution in [1.82, 2.24) is 5.32 Å². The van der Waals surface area contributed by atoms with Gasteiger partial charge >= 0.3 is 11.8 Å². The largest absolute Gasteiger partial charge is 0.372 e. The summed E-state index contributed by atoms with van der Waals surface area (Å²) in [5.74, 6) is -1.57. The Balaban J connectivity index is 1.41. The number of hydrogen-bond donors (Lipinski definition) is 3. The normalized spacial score (nSPS) is 13.1. The van der Waals surface area contributed by atoms with Crippen LogP contribution in [0.2, 0.25) is 0 Å². The van der Waals surface area contributed by atoms with Gasteiger partial charge in [0.1, 0.15) is 0 Å². The molecule has 3 amide bonds. The molecule has 7 nitrogen and oxygen atoms in total. The maximum absolute atomic E-state index is 12.0. The first kappa shape index (κ1) is 20.4. The molecule has 2 aromatic carbocycles. The second-order valence-electron chi connectivity index (χ2n) is 7.08. The predicted octanol–water partition coefficient (Wildman–Crippen LogP) is 2.54. The molecule has 7 heteroatoms. The Morgan fingerprint density at radius 2 is 1.41 bits per heavy atom. The van der Waals surface area contributed by atoms with E-state index in [0.29, 0.717) is 24.3 Å². The van der Waals surface area contributed by atoms with Crippen LogP contribution in [0.4, 0.5) is 17.1 Å². The van der Waals surface area contributed by atoms with Crippen LogP contribution < -0.4 is 20.9 Å². The molecule has 0 spiro atoms. The Hall–Kier alpha value is -3.35. The molecule has 1 saturated heterocycles. The fourth-order valence-electron chi connectivity index (χ4n) is 3.28. The lowest BCUT2D eigenvalue weighted by Crippen LogP contribution is -2.36. The molecule has 0 aliphatic carbocycles. The third-order valence-corrected chi connectivity index (χ3v) is 4.78. The minimum Gasteiger partial charge on any atom is -0.372 e. The van der Waals surface area contributed by atoms with Gasteiger partial charge in [-0.1, -0.05) is 12.1 Å². The van der Waals surface area contributed by atoms with Crippen LogP contribution in [-0.2, 0) is 20.8 Å². The van der Waals surface area contributed by atoms with Crippen molar-refractivity contribution < 1.29 is 14.4 Å². The van der Waals surface area contributed by atoms with E-state index in [1.165, 1.54) is 25.5 Å². The first-order valence-corrected chi connectivity index (χ1v) is 9.82. The molecule has 1 aliphatic rings. The lowest BCUT2D eigenvalue weighted by atomic mass is 10.1. The average Bonchev–Trinajstić information content (AvgIpc) is 3.24. The van der Waals surface area contributed by atoms with Crippen molar-refractivity contribution in [1.29, 1.82) is 0 Å². The van der Waals surface area contributed by atoms with Gasteiger partial charge in [-0.3, -0.25) is 14.4 Å². The highest BCUT2D eigenvalue weighted by atomic mass is 16.2. The molecule has 2 aromatic rings. The van der Waals surface area contributed by atoms with Gasteiger partial charge < -0.3 is 20.9 Å². The molecule has 0 radical (unpaired) electrons. The SMILES string of the molecule is CC(=O)Nc1ccc(NC(=O)C(=O)NCCc2ccc(N3CCCC3)cc2)cc1. The average molecular weight is 394 g/mol. The van der Waals surface area contributed by atoms with Crippen LogP contribution in [-0.4, -0.2) is 37.4 Å². The van der Waals surface area contributed by atoms with E-state index in [-0.39, 0.29) is 5.91 Å². The molecule has 0 saturated carbocycles. The summed E-state index contributed by atoms with van der Waals surface area (Å²) < 4.78 is 0. The second kappa shape index (κ2) is 9.73. The predicted molar refractivity (Wildman–Crippen MR) is 114 cm³/mol. The van der Waals surface area contributed by atoms with Crippen LogP contribution in [0, 0.1) is 0 Å². The third kappa shape index (κ3) is 6.07. The molecule has 3 N–H and O–H groups in total. The molecule has 0 bridgehead atoms. The minimum atomic E-state index is -0.721. The molecule has 152 valence electrons. The number of nitrogens with zero attached hydrogens (tertiary/aromatic N) is 1. The number of hydrogen-bond acceptors (Lipinski definition) is 4. The fourth-order valence-corrected chi connectivity index (χ4v) is 3.28. The first-order valence-electron chi connectivity index (χ1n) is 9.82. The molecule has 0 aromatic heterocycles. The second-order valence-corrected chi connectivity index (χ2v) is 7.08. The lowest BCUT2D eigenvalue weighted by Gasteiger charge is -2.17. The van der Waals surface area contributed by atoms with Crippen molar-refractivity contribution >= 4 is 34.8 Å². The Morgan fingerprint density at radius 1 is 0.828 bits per heavy atom. The van der Waals surface area contributed by atoms with E-state index >= 15 is 0 Å². The van der Waals surface area contributed by atoms with Crippen molar-refractivity contribution in [3.05, 3.63) is 54.1 Å². The number of amides is 3. The van der Waals surface area contributed by atoms with Gasteiger partial charge in [0.2, 0.25) is 5.91 Å². The molecule has 0 unspecified atom stereocenters. The zero-order chi connectivity index (χ0) is 20.6. The van der Waals surface area contributed by atoms with Gasteiger partial charge in [0.05, 0.1) is 0 Å². The Labute approximate surface area is 170 Å². The van der Waals surface area contributed by atoms with Crippen molar-refractivity contribution in [2.75, 3.05) is 35.2 Å². The zero-order valence-corrected chi connectivity index (χ0v) is 16.5. The molecule has 1 fully saturated rings. The molecule has 29 heavy (non-hydrogen) atoms. The summed E-state index contributed by atoms with van der Waals surface area (Å²) in [4.78, 5) is 37.4. The van der Waals surface area contributed by atoms with Gasteiger partial charge in [-0.05, 0) is 61.2 Å². The summed E-state index contributed by atoms with van der Waals surface area (Å²) in [7, 11) is 0. The maximum Gasteiger partial charge on any atom is 0.313 e. The number of rotatable bonds is 6. The minimum absolute atomic E-state index is 0.174.